The van der Waals surface area contributed by atoms with Crippen LogP contribution < -0.4 is 0 Å². The van der Waals surface area contributed by atoms with Crippen molar-refractivity contribution in [3.05, 3.63) is 0 Å². The van der Waals surface area contributed by atoms with Gasteiger partial charge in [0, 0.05) is 19.1 Å². The van der Waals surface area contributed by atoms with E-state index in [4.69, 9.17) is 21.1 Å². The van der Waals surface area contributed by atoms with Gasteiger partial charge in [0.15, 0.2) is 0 Å². The van der Waals surface area contributed by atoms with E-state index >= 15 is 0 Å². The van der Waals surface area contributed by atoms with Gasteiger partial charge < -0.3 is 9.47 Å². The summed E-state index contributed by atoms with van der Waals surface area (Å²) < 4.78 is 11.2. The summed E-state index contributed by atoms with van der Waals surface area (Å²) in [6.07, 6.45) is 8.80. The first-order valence-corrected chi connectivity index (χ1v) is 6.72. The van der Waals surface area contributed by atoms with E-state index in [2.05, 4.69) is 0 Å². The zero-order valence-corrected chi connectivity index (χ0v) is 10.3. The summed E-state index contributed by atoms with van der Waals surface area (Å²) >= 11 is 5.60. The summed E-state index contributed by atoms with van der Waals surface area (Å²) in [5.74, 6) is 0.788. The van der Waals surface area contributed by atoms with Crippen molar-refractivity contribution in [3.8, 4) is 0 Å². The molecule has 0 N–H and O–H groups in total. The molecule has 0 saturated carbocycles. The van der Waals surface area contributed by atoms with Gasteiger partial charge in [0.1, 0.15) is 0 Å². The van der Waals surface area contributed by atoms with Crippen LogP contribution in [0.2, 0.25) is 0 Å². The highest BCUT2D eigenvalue weighted by atomic mass is 35.5. The van der Waals surface area contributed by atoms with Gasteiger partial charge in [-0.25, -0.2) is 0 Å². The molecular formula is C12H23ClO2. The molecule has 1 heterocycles. The van der Waals surface area contributed by atoms with Crippen molar-refractivity contribution in [2.24, 2.45) is 0 Å². The first-order valence-electron chi connectivity index (χ1n) is 6.19. The molecule has 1 saturated heterocycles. The van der Waals surface area contributed by atoms with Crippen molar-refractivity contribution in [1.82, 2.24) is 0 Å². The summed E-state index contributed by atoms with van der Waals surface area (Å²) in [4.78, 5) is 0. The number of rotatable bonds is 8. The molecule has 1 rings (SSSR count). The average Bonchev–Trinajstić information content (AvgIpc) is 2.29. The van der Waals surface area contributed by atoms with Crippen LogP contribution in [-0.2, 0) is 9.47 Å². The van der Waals surface area contributed by atoms with Crippen LogP contribution in [0.25, 0.3) is 0 Å². The molecule has 0 bridgehead atoms. The van der Waals surface area contributed by atoms with Gasteiger partial charge in [0.25, 0.3) is 0 Å². The molecule has 1 aliphatic heterocycles. The highest BCUT2D eigenvalue weighted by Crippen LogP contribution is 2.12. The quantitative estimate of drug-likeness (QED) is 0.474. The Morgan fingerprint density at radius 1 is 1.13 bits per heavy atom. The predicted octanol–water partition coefficient (Wildman–Crippen LogP) is 3.37. The maximum atomic E-state index is 5.60. The smallest absolute Gasteiger partial charge is 0.0808 e. The minimum atomic E-state index is 0.363. The lowest BCUT2D eigenvalue weighted by Crippen LogP contribution is -2.24. The van der Waals surface area contributed by atoms with Crippen molar-refractivity contribution in [1.29, 1.82) is 0 Å². The average molecular weight is 235 g/mol. The highest BCUT2D eigenvalue weighted by molar-refractivity contribution is 6.17. The van der Waals surface area contributed by atoms with Crippen molar-refractivity contribution in [2.75, 3.05) is 25.7 Å². The second-order valence-electron chi connectivity index (χ2n) is 4.17. The Labute approximate surface area is 98.3 Å². The molecule has 1 fully saturated rings. The number of hydrogen-bond acceptors (Lipinski definition) is 2. The van der Waals surface area contributed by atoms with Crippen LogP contribution >= 0.6 is 11.6 Å². The second-order valence-corrected chi connectivity index (χ2v) is 4.54. The van der Waals surface area contributed by atoms with E-state index in [1.807, 2.05) is 0 Å². The molecule has 0 spiro atoms. The van der Waals surface area contributed by atoms with E-state index in [0.717, 1.165) is 38.5 Å². The number of hydrogen-bond donors (Lipinski definition) is 0. The lowest BCUT2D eigenvalue weighted by molar-refractivity contribution is -0.0411. The first kappa shape index (κ1) is 13.3. The molecule has 1 unspecified atom stereocenters. The zero-order chi connectivity index (χ0) is 10.8. The fraction of sp³-hybridized carbons (Fsp3) is 1.00. The van der Waals surface area contributed by atoms with Crippen LogP contribution in [-0.4, -0.2) is 31.8 Å². The molecule has 1 atom stereocenters. The Hall–Kier alpha value is 0.210. The lowest BCUT2D eigenvalue weighted by Gasteiger charge is -2.22. The van der Waals surface area contributed by atoms with Gasteiger partial charge in [0.2, 0.25) is 0 Å². The Bertz CT molecular complexity index is 136. The second kappa shape index (κ2) is 9.44. The van der Waals surface area contributed by atoms with Gasteiger partial charge in [-0.05, 0) is 32.1 Å². The summed E-state index contributed by atoms with van der Waals surface area (Å²) in [6, 6.07) is 0. The molecule has 0 radical (unpaired) electrons. The summed E-state index contributed by atoms with van der Waals surface area (Å²) in [6.45, 7) is 2.58. The molecule has 3 heteroatoms. The van der Waals surface area contributed by atoms with Crippen LogP contribution in [0.5, 0.6) is 0 Å². The standard InChI is InChI=1S/C12H23ClO2/c13-8-4-1-2-5-9-14-11-12-7-3-6-10-15-12/h12H,1-11H2. The number of unbranched alkanes of at least 4 members (excludes halogenated alkanes) is 3. The first-order chi connectivity index (χ1) is 7.43. The molecule has 1 aliphatic rings. The van der Waals surface area contributed by atoms with E-state index < -0.39 is 0 Å². The zero-order valence-electron chi connectivity index (χ0n) is 9.55. The van der Waals surface area contributed by atoms with Crippen molar-refractivity contribution in [3.63, 3.8) is 0 Å². The Morgan fingerprint density at radius 3 is 2.73 bits per heavy atom. The Kier molecular flexibility index (Phi) is 8.35. The Morgan fingerprint density at radius 2 is 2.00 bits per heavy atom. The largest absolute Gasteiger partial charge is 0.379 e. The number of halogens is 1. The maximum absolute atomic E-state index is 5.60. The minimum Gasteiger partial charge on any atom is -0.379 e. The maximum Gasteiger partial charge on any atom is 0.0808 e. The van der Waals surface area contributed by atoms with Crippen molar-refractivity contribution in [2.45, 2.75) is 51.0 Å². The molecular weight excluding hydrogens is 212 g/mol. The van der Waals surface area contributed by atoms with Gasteiger partial charge in [-0.3, -0.25) is 0 Å². The molecule has 90 valence electrons. The number of ether oxygens (including phenoxy) is 2. The minimum absolute atomic E-state index is 0.363. The van der Waals surface area contributed by atoms with E-state index in [-0.39, 0.29) is 0 Å². The SMILES string of the molecule is ClCCCCCCOCC1CCCCO1. The van der Waals surface area contributed by atoms with Crippen LogP contribution in [0.3, 0.4) is 0 Å². The van der Waals surface area contributed by atoms with Gasteiger partial charge in [-0.1, -0.05) is 12.8 Å². The summed E-state index contributed by atoms with van der Waals surface area (Å²) in [5.41, 5.74) is 0. The molecule has 0 aromatic rings. The van der Waals surface area contributed by atoms with E-state index in [9.17, 15) is 0 Å². The lowest BCUT2D eigenvalue weighted by atomic mass is 10.1. The fourth-order valence-electron chi connectivity index (χ4n) is 1.81. The number of alkyl halides is 1. The molecule has 0 aliphatic carbocycles. The van der Waals surface area contributed by atoms with Gasteiger partial charge in [-0.15, -0.1) is 11.6 Å². The van der Waals surface area contributed by atoms with Gasteiger partial charge >= 0.3 is 0 Å². The van der Waals surface area contributed by atoms with Gasteiger partial charge in [0.05, 0.1) is 12.7 Å². The normalized spacial score (nSPS) is 21.8. The summed E-state index contributed by atoms with van der Waals surface area (Å²) in [7, 11) is 0. The van der Waals surface area contributed by atoms with Crippen LogP contribution in [0, 0.1) is 0 Å². The fourth-order valence-corrected chi connectivity index (χ4v) is 1.99. The summed E-state index contributed by atoms with van der Waals surface area (Å²) in [5, 5.41) is 0. The third-order valence-electron chi connectivity index (χ3n) is 2.75. The third-order valence-corrected chi connectivity index (χ3v) is 3.02. The molecule has 0 aromatic heterocycles. The van der Waals surface area contributed by atoms with Crippen LogP contribution in [0.1, 0.15) is 44.9 Å². The molecule has 0 amide bonds. The van der Waals surface area contributed by atoms with Crippen LogP contribution in [0.4, 0.5) is 0 Å². The third kappa shape index (κ3) is 7.15. The molecule has 0 aromatic carbocycles. The highest BCUT2D eigenvalue weighted by Gasteiger charge is 2.13. The van der Waals surface area contributed by atoms with Crippen molar-refractivity contribution >= 4 is 11.6 Å². The van der Waals surface area contributed by atoms with E-state index in [0.29, 0.717) is 6.10 Å². The molecule has 15 heavy (non-hydrogen) atoms. The van der Waals surface area contributed by atoms with Crippen molar-refractivity contribution < 1.29 is 9.47 Å². The van der Waals surface area contributed by atoms with Crippen LogP contribution in [0.15, 0.2) is 0 Å². The topological polar surface area (TPSA) is 18.5 Å². The predicted molar refractivity (Wildman–Crippen MR) is 63.6 cm³/mol. The van der Waals surface area contributed by atoms with E-state index in [1.165, 1.54) is 32.1 Å². The Balaban J connectivity index is 1.79. The monoisotopic (exact) mass is 234 g/mol. The van der Waals surface area contributed by atoms with Gasteiger partial charge in [-0.2, -0.15) is 0 Å². The molecule has 2 nitrogen and oxygen atoms in total. The van der Waals surface area contributed by atoms with E-state index in [1.54, 1.807) is 0 Å².